The highest BCUT2D eigenvalue weighted by atomic mass is 16.2. The second-order valence-corrected chi connectivity index (χ2v) is 8.52. The molecule has 0 bridgehead atoms. The molecule has 1 saturated heterocycles. The summed E-state index contributed by atoms with van der Waals surface area (Å²) in [5, 5.41) is 0. The van der Waals surface area contributed by atoms with Gasteiger partial charge in [0.2, 0.25) is 0 Å². The Hall–Kier alpha value is -2.49. The molecule has 1 aliphatic heterocycles. The van der Waals surface area contributed by atoms with Crippen LogP contribution in [0.25, 0.3) is 0 Å². The van der Waals surface area contributed by atoms with Gasteiger partial charge in [-0.15, -0.1) is 0 Å². The molecule has 1 heterocycles. The standard InChI is InChI=1S/C23H31N3O/c1-23(2,3)19-8-6-18(7-9-19)22(27)26-16-14-25(15-17-26)21-12-10-20(11-13-21)24(4)5/h6-13H,14-17H2,1-5H3. The zero-order chi connectivity index (χ0) is 19.6. The van der Waals surface area contributed by atoms with E-state index in [1.807, 2.05) is 31.1 Å². The Kier molecular flexibility index (Phi) is 5.45. The highest BCUT2D eigenvalue weighted by molar-refractivity contribution is 5.94. The summed E-state index contributed by atoms with van der Waals surface area (Å²) in [6.07, 6.45) is 0. The number of hydrogen-bond donors (Lipinski definition) is 0. The average molecular weight is 366 g/mol. The first-order valence-electron chi connectivity index (χ1n) is 9.68. The second kappa shape index (κ2) is 7.63. The summed E-state index contributed by atoms with van der Waals surface area (Å²) in [6, 6.07) is 16.7. The number of piperazine rings is 1. The fraction of sp³-hybridized carbons (Fsp3) is 0.435. The van der Waals surface area contributed by atoms with Crippen molar-refractivity contribution in [1.29, 1.82) is 0 Å². The van der Waals surface area contributed by atoms with Crippen LogP contribution >= 0.6 is 0 Å². The number of rotatable bonds is 3. The number of anilines is 2. The summed E-state index contributed by atoms with van der Waals surface area (Å²) in [7, 11) is 4.10. The van der Waals surface area contributed by atoms with Crippen molar-refractivity contribution in [2.45, 2.75) is 26.2 Å². The van der Waals surface area contributed by atoms with Gasteiger partial charge in [-0.2, -0.15) is 0 Å². The molecule has 3 rings (SSSR count). The first-order chi connectivity index (χ1) is 12.8. The third kappa shape index (κ3) is 4.44. The second-order valence-electron chi connectivity index (χ2n) is 8.52. The van der Waals surface area contributed by atoms with E-state index in [2.05, 4.69) is 67.0 Å². The van der Waals surface area contributed by atoms with E-state index in [1.165, 1.54) is 16.9 Å². The lowest BCUT2D eigenvalue weighted by Crippen LogP contribution is -2.48. The van der Waals surface area contributed by atoms with Crippen molar-refractivity contribution in [1.82, 2.24) is 4.90 Å². The highest BCUT2D eigenvalue weighted by Gasteiger charge is 2.23. The quantitative estimate of drug-likeness (QED) is 0.822. The van der Waals surface area contributed by atoms with Crippen LogP contribution in [0.2, 0.25) is 0 Å². The minimum Gasteiger partial charge on any atom is -0.378 e. The molecule has 0 aliphatic carbocycles. The lowest BCUT2D eigenvalue weighted by Gasteiger charge is -2.36. The largest absolute Gasteiger partial charge is 0.378 e. The van der Waals surface area contributed by atoms with E-state index in [0.717, 1.165) is 31.7 Å². The molecule has 1 fully saturated rings. The van der Waals surface area contributed by atoms with E-state index in [1.54, 1.807) is 0 Å². The molecule has 0 unspecified atom stereocenters. The average Bonchev–Trinajstić information content (AvgIpc) is 2.67. The smallest absolute Gasteiger partial charge is 0.253 e. The Balaban J connectivity index is 1.60. The van der Waals surface area contributed by atoms with Crippen molar-refractivity contribution in [2.75, 3.05) is 50.1 Å². The molecule has 2 aromatic rings. The Morgan fingerprint density at radius 2 is 1.41 bits per heavy atom. The lowest BCUT2D eigenvalue weighted by atomic mass is 9.86. The number of hydrogen-bond acceptors (Lipinski definition) is 3. The van der Waals surface area contributed by atoms with Gasteiger partial charge in [0.05, 0.1) is 0 Å². The summed E-state index contributed by atoms with van der Waals surface area (Å²) < 4.78 is 0. The summed E-state index contributed by atoms with van der Waals surface area (Å²) in [4.78, 5) is 19.3. The Bertz CT molecular complexity index is 765. The van der Waals surface area contributed by atoms with Gasteiger partial charge in [-0.05, 0) is 47.4 Å². The van der Waals surface area contributed by atoms with Crippen LogP contribution in [0.1, 0.15) is 36.7 Å². The van der Waals surface area contributed by atoms with Crippen LogP contribution in [-0.2, 0) is 5.41 Å². The van der Waals surface area contributed by atoms with E-state index in [9.17, 15) is 4.79 Å². The molecule has 0 aromatic heterocycles. The molecule has 1 amide bonds. The van der Waals surface area contributed by atoms with Gasteiger partial charge in [-0.3, -0.25) is 4.79 Å². The summed E-state index contributed by atoms with van der Waals surface area (Å²) >= 11 is 0. The molecule has 0 radical (unpaired) electrons. The van der Waals surface area contributed by atoms with Crippen molar-refractivity contribution in [2.24, 2.45) is 0 Å². The van der Waals surface area contributed by atoms with E-state index >= 15 is 0 Å². The number of carbonyl (C=O) groups excluding carboxylic acids is 1. The molecule has 144 valence electrons. The molecule has 4 nitrogen and oxygen atoms in total. The first kappa shape index (κ1) is 19.3. The predicted octanol–water partition coefficient (Wildman–Crippen LogP) is 4.01. The van der Waals surface area contributed by atoms with Crippen molar-refractivity contribution < 1.29 is 4.79 Å². The van der Waals surface area contributed by atoms with Gasteiger partial charge in [0.1, 0.15) is 0 Å². The van der Waals surface area contributed by atoms with Gasteiger partial charge >= 0.3 is 0 Å². The number of nitrogens with zero attached hydrogens (tertiary/aromatic N) is 3. The Labute approximate surface area is 163 Å². The predicted molar refractivity (Wildman–Crippen MR) is 114 cm³/mol. The number of amides is 1. The fourth-order valence-electron chi connectivity index (χ4n) is 3.42. The van der Waals surface area contributed by atoms with Crippen LogP contribution in [0.4, 0.5) is 11.4 Å². The van der Waals surface area contributed by atoms with Crippen LogP contribution in [0.15, 0.2) is 48.5 Å². The van der Waals surface area contributed by atoms with Crippen LogP contribution in [-0.4, -0.2) is 51.1 Å². The van der Waals surface area contributed by atoms with Crippen LogP contribution < -0.4 is 9.80 Å². The number of benzene rings is 2. The molecule has 2 aromatic carbocycles. The molecule has 0 atom stereocenters. The Morgan fingerprint density at radius 1 is 0.852 bits per heavy atom. The van der Waals surface area contributed by atoms with Crippen molar-refractivity contribution in [3.8, 4) is 0 Å². The van der Waals surface area contributed by atoms with E-state index in [4.69, 9.17) is 0 Å². The maximum Gasteiger partial charge on any atom is 0.253 e. The van der Waals surface area contributed by atoms with Gasteiger partial charge in [0.15, 0.2) is 0 Å². The Morgan fingerprint density at radius 3 is 1.89 bits per heavy atom. The maximum atomic E-state index is 12.8. The number of carbonyl (C=O) groups is 1. The van der Waals surface area contributed by atoms with Gasteiger partial charge in [-0.1, -0.05) is 32.9 Å². The summed E-state index contributed by atoms with van der Waals surface area (Å²) in [6.45, 7) is 9.82. The monoisotopic (exact) mass is 365 g/mol. The molecule has 1 aliphatic rings. The first-order valence-corrected chi connectivity index (χ1v) is 9.68. The summed E-state index contributed by atoms with van der Waals surface area (Å²) in [5.41, 5.74) is 4.57. The third-order valence-corrected chi connectivity index (χ3v) is 5.30. The van der Waals surface area contributed by atoms with Gasteiger partial charge in [0.25, 0.3) is 5.91 Å². The van der Waals surface area contributed by atoms with Gasteiger partial charge in [-0.25, -0.2) is 0 Å². The van der Waals surface area contributed by atoms with E-state index in [-0.39, 0.29) is 11.3 Å². The fourth-order valence-corrected chi connectivity index (χ4v) is 3.42. The minimum atomic E-state index is 0.106. The van der Waals surface area contributed by atoms with Crippen LogP contribution in [0, 0.1) is 0 Å². The molecule has 0 saturated carbocycles. The highest BCUT2D eigenvalue weighted by Crippen LogP contribution is 2.24. The SMILES string of the molecule is CN(C)c1ccc(N2CCN(C(=O)c3ccc(C(C)(C)C)cc3)CC2)cc1. The van der Waals surface area contributed by atoms with Gasteiger partial charge < -0.3 is 14.7 Å². The molecule has 0 N–H and O–H groups in total. The minimum absolute atomic E-state index is 0.106. The van der Waals surface area contributed by atoms with Crippen molar-refractivity contribution >= 4 is 17.3 Å². The van der Waals surface area contributed by atoms with Crippen molar-refractivity contribution in [3.63, 3.8) is 0 Å². The van der Waals surface area contributed by atoms with Crippen LogP contribution in [0.3, 0.4) is 0 Å². The third-order valence-electron chi connectivity index (χ3n) is 5.30. The van der Waals surface area contributed by atoms with Crippen LogP contribution in [0.5, 0.6) is 0 Å². The van der Waals surface area contributed by atoms with E-state index < -0.39 is 0 Å². The zero-order valence-corrected chi connectivity index (χ0v) is 17.2. The molecule has 27 heavy (non-hydrogen) atoms. The zero-order valence-electron chi connectivity index (χ0n) is 17.2. The van der Waals surface area contributed by atoms with Gasteiger partial charge in [0, 0.05) is 57.2 Å². The molecular weight excluding hydrogens is 334 g/mol. The summed E-state index contributed by atoms with van der Waals surface area (Å²) in [5.74, 6) is 0.137. The lowest BCUT2D eigenvalue weighted by molar-refractivity contribution is 0.0746. The van der Waals surface area contributed by atoms with Crippen molar-refractivity contribution in [3.05, 3.63) is 59.7 Å². The molecule has 4 heteroatoms. The van der Waals surface area contributed by atoms with E-state index in [0.29, 0.717) is 0 Å². The normalized spacial score (nSPS) is 15.0. The topological polar surface area (TPSA) is 26.8 Å². The maximum absolute atomic E-state index is 12.8. The molecular formula is C23H31N3O. The molecule has 0 spiro atoms.